The molecule has 144 valence electrons. The van der Waals surface area contributed by atoms with E-state index in [0.29, 0.717) is 11.8 Å². The Morgan fingerprint density at radius 1 is 1.31 bits per heavy atom. The van der Waals surface area contributed by atoms with Crippen molar-refractivity contribution in [3.63, 3.8) is 0 Å². The van der Waals surface area contributed by atoms with E-state index in [9.17, 15) is 5.11 Å². The lowest BCUT2D eigenvalue weighted by atomic mass is 9.86. The number of phenolic OH excluding ortho intramolecular Hbond substituents is 1. The molecule has 0 spiro atoms. The van der Waals surface area contributed by atoms with Crippen molar-refractivity contribution in [3.05, 3.63) is 59.7 Å². The number of aromatic hydroxyl groups is 1. The second kappa shape index (κ2) is 10.2. The number of rotatable bonds is 9. The fourth-order valence-corrected chi connectivity index (χ4v) is 2.61. The summed E-state index contributed by atoms with van der Waals surface area (Å²) in [4.78, 5) is 0. The lowest BCUT2D eigenvalue weighted by molar-refractivity contribution is 0.373. The van der Waals surface area contributed by atoms with Crippen molar-refractivity contribution in [1.82, 2.24) is 5.32 Å². The second-order valence-corrected chi connectivity index (χ2v) is 7.92. The Morgan fingerprint density at radius 3 is 2.58 bits per heavy atom. The van der Waals surface area contributed by atoms with Crippen LogP contribution in [0.2, 0.25) is 0 Å². The zero-order chi connectivity index (χ0) is 19.7. The SMILES string of the molecule is C=C/C(=C\C=C(/C)CNC(C)CCc1ccc(O)c(OC)c1)C(C)(C)C. The zero-order valence-electron chi connectivity index (χ0n) is 17.2. The van der Waals surface area contributed by atoms with E-state index in [1.54, 1.807) is 13.2 Å². The topological polar surface area (TPSA) is 41.5 Å². The van der Waals surface area contributed by atoms with Gasteiger partial charge in [-0.2, -0.15) is 0 Å². The molecule has 1 aromatic rings. The van der Waals surface area contributed by atoms with E-state index in [4.69, 9.17) is 4.74 Å². The summed E-state index contributed by atoms with van der Waals surface area (Å²) in [5.41, 5.74) is 3.83. The third-order valence-corrected chi connectivity index (χ3v) is 4.47. The number of ether oxygens (including phenoxy) is 1. The number of nitrogens with one attached hydrogen (secondary N) is 1. The van der Waals surface area contributed by atoms with E-state index >= 15 is 0 Å². The predicted octanol–water partition coefficient (Wildman–Crippen LogP) is 5.42. The average molecular weight is 358 g/mol. The Balaban J connectivity index is 2.51. The summed E-state index contributed by atoms with van der Waals surface area (Å²) in [5, 5.41) is 13.2. The molecule has 0 radical (unpaired) electrons. The highest BCUT2D eigenvalue weighted by molar-refractivity contribution is 5.41. The zero-order valence-corrected chi connectivity index (χ0v) is 17.2. The maximum Gasteiger partial charge on any atom is 0.160 e. The molecule has 1 atom stereocenters. The van der Waals surface area contributed by atoms with Crippen LogP contribution in [0.5, 0.6) is 11.5 Å². The van der Waals surface area contributed by atoms with Gasteiger partial charge in [0.15, 0.2) is 11.5 Å². The highest BCUT2D eigenvalue weighted by atomic mass is 16.5. The van der Waals surface area contributed by atoms with Crippen molar-refractivity contribution in [2.24, 2.45) is 5.41 Å². The van der Waals surface area contributed by atoms with Crippen LogP contribution in [0.4, 0.5) is 0 Å². The molecule has 3 heteroatoms. The molecule has 0 heterocycles. The van der Waals surface area contributed by atoms with Gasteiger partial charge in [0, 0.05) is 12.6 Å². The highest BCUT2D eigenvalue weighted by Gasteiger charge is 2.13. The first kappa shape index (κ1) is 22.0. The average Bonchev–Trinajstić information content (AvgIpc) is 2.58. The molecule has 0 fully saturated rings. The Kier molecular flexibility index (Phi) is 8.67. The van der Waals surface area contributed by atoms with Gasteiger partial charge in [-0.1, -0.05) is 57.2 Å². The summed E-state index contributed by atoms with van der Waals surface area (Å²) >= 11 is 0. The Morgan fingerprint density at radius 2 is 2.00 bits per heavy atom. The number of aryl methyl sites for hydroxylation is 1. The molecule has 2 N–H and O–H groups in total. The molecule has 0 aliphatic carbocycles. The van der Waals surface area contributed by atoms with Gasteiger partial charge < -0.3 is 15.2 Å². The fraction of sp³-hybridized carbons (Fsp3) is 0.478. The minimum atomic E-state index is 0.116. The number of hydrogen-bond donors (Lipinski definition) is 2. The first-order valence-corrected chi connectivity index (χ1v) is 9.27. The number of allylic oxidation sites excluding steroid dienone is 4. The van der Waals surface area contributed by atoms with Crippen LogP contribution in [0, 0.1) is 5.41 Å². The molecule has 1 unspecified atom stereocenters. The molecule has 0 aliphatic rings. The molecule has 0 amide bonds. The summed E-state index contributed by atoms with van der Waals surface area (Å²) in [6, 6.07) is 5.95. The van der Waals surface area contributed by atoms with Crippen molar-refractivity contribution in [3.8, 4) is 11.5 Å². The number of phenols is 1. The van der Waals surface area contributed by atoms with E-state index < -0.39 is 0 Å². The van der Waals surface area contributed by atoms with E-state index in [0.717, 1.165) is 19.4 Å². The van der Waals surface area contributed by atoms with E-state index in [1.165, 1.54) is 16.7 Å². The quantitative estimate of drug-likeness (QED) is 0.580. The number of benzene rings is 1. The summed E-state index contributed by atoms with van der Waals surface area (Å²) in [6.07, 6.45) is 8.24. The molecule has 1 aromatic carbocycles. The maximum absolute atomic E-state index is 9.66. The van der Waals surface area contributed by atoms with Gasteiger partial charge in [-0.25, -0.2) is 0 Å². The Hall–Kier alpha value is -2.00. The summed E-state index contributed by atoms with van der Waals surface area (Å²) in [6.45, 7) is 15.7. The van der Waals surface area contributed by atoms with Gasteiger partial charge in [-0.3, -0.25) is 0 Å². The van der Waals surface area contributed by atoms with E-state index in [-0.39, 0.29) is 11.2 Å². The van der Waals surface area contributed by atoms with Crippen molar-refractivity contribution >= 4 is 0 Å². The molecule has 0 aliphatic heterocycles. The van der Waals surface area contributed by atoms with Crippen LogP contribution in [-0.4, -0.2) is 24.8 Å². The molecule has 1 rings (SSSR count). The van der Waals surface area contributed by atoms with Gasteiger partial charge in [-0.15, -0.1) is 0 Å². The fourth-order valence-electron chi connectivity index (χ4n) is 2.61. The van der Waals surface area contributed by atoms with Gasteiger partial charge in [0.2, 0.25) is 0 Å². The van der Waals surface area contributed by atoms with Crippen LogP contribution < -0.4 is 10.1 Å². The van der Waals surface area contributed by atoms with Gasteiger partial charge >= 0.3 is 0 Å². The summed E-state index contributed by atoms with van der Waals surface area (Å²) in [5.74, 6) is 0.718. The number of methoxy groups -OCH3 is 1. The lowest BCUT2D eigenvalue weighted by Gasteiger charge is -2.19. The monoisotopic (exact) mass is 357 g/mol. The van der Waals surface area contributed by atoms with Crippen molar-refractivity contribution < 1.29 is 9.84 Å². The molecular weight excluding hydrogens is 322 g/mol. The molecule has 26 heavy (non-hydrogen) atoms. The highest BCUT2D eigenvalue weighted by Crippen LogP contribution is 2.27. The predicted molar refractivity (Wildman–Crippen MR) is 112 cm³/mol. The third kappa shape index (κ3) is 7.49. The first-order chi connectivity index (χ1) is 12.2. The van der Waals surface area contributed by atoms with Crippen LogP contribution in [0.15, 0.2) is 54.2 Å². The van der Waals surface area contributed by atoms with Crippen molar-refractivity contribution in [2.45, 2.75) is 53.5 Å². The van der Waals surface area contributed by atoms with Crippen LogP contribution in [-0.2, 0) is 6.42 Å². The van der Waals surface area contributed by atoms with Crippen LogP contribution >= 0.6 is 0 Å². The van der Waals surface area contributed by atoms with Crippen LogP contribution in [0.1, 0.15) is 46.6 Å². The molecule has 3 nitrogen and oxygen atoms in total. The van der Waals surface area contributed by atoms with Crippen molar-refractivity contribution in [2.75, 3.05) is 13.7 Å². The van der Waals surface area contributed by atoms with E-state index in [2.05, 4.69) is 58.7 Å². The van der Waals surface area contributed by atoms with E-state index in [1.807, 2.05) is 18.2 Å². The molecular formula is C23H35NO2. The van der Waals surface area contributed by atoms with Crippen LogP contribution in [0.25, 0.3) is 0 Å². The normalized spacial score (nSPS) is 14.2. The Bertz CT molecular complexity index is 651. The Labute approximate surface area is 159 Å². The van der Waals surface area contributed by atoms with Crippen molar-refractivity contribution in [1.29, 1.82) is 0 Å². The third-order valence-electron chi connectivity index (χ3n) is 4.47. The standard InChI is InChI=1S/C23H35NO2/c1-8-20(23(4,5)6)13-9-17(2)16-24-18(3)10-11-19-12-14-21(25)22(15-19)26-7/h8-9,12-15,18,24-25H,1,10-11,16H2,2-7H3/b17-9+,20-13+. The molecule has 0 aromatic heterocycles. The smallest absolute Gasteiger partial charge is 0.160 e. The lowest BCUT2D eigenvalue weighted by Crippen LogP contribution is -2.28. The van der Waals surface area contributed by atoms with Gasteiger partial charge in [-0.05, 0) is 55.4 Å². The van der Waals surface area contributed by atoms with Crippen LogP contribution in [0.3, 0.4) is 0 Å². The van der Waals surface area contributed by atoms with Gasteiger partial charge in [0.25, 0.3) is 0 Å². The molecule has 0 saturated heterocycles. The van der Waals surface area contributed by atoms with Gasteiger partial charge in [0.1, 0.15) is 0 Å². The maximum atomic E-state index is 9.66. The second-order valence-electron chi connectivity index (χ2n) is 7.92. The van der Waals surface area contributed by atoms with Gasteiger partial charge in [0.05, 0.1) is 7.11 Å². The minimum absolute atomic E-state index is 0.116. The summed E-state index contributed by atoms with van der Waals surface area (Å²) < 4.78 is 5.17. The molecule has 0 bridgehead atoms. The molecule has 0 saturated carbocycles. The largest absolute Gasteiger partial charge is 0.504 e. The minimum Gasteiger partial charge on any atom is -0.504 e. The summed E-state index contributed by atoms with van der Waals surface area (Å²) in [7, 11) is 1.57. The first-order valence-electron chi connectivity index (χ1n) is 9.27. The number of hydrogen-bond acceptors (Lipinski definition) is 3.